The summed E-state index contributed by atoms with van der Waals surface area (Å²) in [6, 6.07) is 75.0. The average Bonchev–Trinajstić information content (AvgIpc) is 3.71. The summed E-state index contributed by atoms with van der Waals surface area (Å²) in [5.74, 6) is 2.12. The highest BCUT2D eigenvalue weighted by molar-refractivity contribution is 6.34. The van der Waals surface area contributed by atoms with E-state index in [-0.39, 0.29) is 11.8 Å². The quantitative estimate of drug-likeness (QED) is 0.163. The van der Waals surface area contributed by atoms with Crippen LogP contribution in [0.1, 0.15) is 45.2 Å². The number of rotatable bonds is 5. The van der Waals surface area contributed by atoms with Crippen molar-refractivity contribution in [2.75, 3.05) is 0 Å². The molecule has 0 saturated carbocycles. The average molecular weight is 801 g/mol. The van der Waals surface area contributed by atoms with Crippen LogP contribution in [0.5, 0.6) is 0 Å². The van der Waals surface area contributed by atoms with Gasteiger partial charge in [0.2, 0.25) is 0 Å². The fourth-order valence-corrected chi connectivity index (χ4v) is 11.2. The van der Waals surface area contributed by atoms with E-state index < -0.39 is 0 Å². The van der Waals surface area contributed by atoms with E-state index in [1.807, 2.05) is 36.4 Å². The number of fused-ring (bicyclic) bond motifs is 3. The lowest BCUT2D eigenvalue weighted by molar-refractivity contribution is 0.750. The van der Waals surface area contributed by atoms with Crippen molar-refractivity contribution in [1.82, 2.24) is 19.5 Å². The van der Waals surface area contributed by atoms with E-state index in [0.717, 1.165) is 16.7 Å². The smallest absolute Gasteiger partial charge is 0.164 e. The highest BCUT2D eigenvalue weighted by Crippen LogP contribution is 2.60. The molecule has 2 heterocycles. The number of nitrogens with zero attached hydrogens (tertiary/aromatic N) is 4. The van der Waals surface area contributed by atoms with Gasteiger partial charge >= 0.3 is 0 Å². The third kappa shape index (κ3) is 4.89. The molecule has 15 rings (SSSR count). The van der Waals surface area contributed by atoms with Crippen molar-refractivity contribution in [1.29, 1.82) is 0 Å². The second-order valence-electron chi connectivity index (χ2n) is 17.0. The topological polar surface area (TPSA) is 43.6 Å². The van der Waals surface area contributed by atoms with Crippen LogP contribution >= 0.6 is 0 Å². The van der Waals surface area contributed by atoms with Crippen LogP contribution in [-0.4, -0.2) is 19.5 Å². The number of benzene rings is 10. The molecule has 4 heteroatoms. The maximum Gasteiger partial charge on any atom is 0.164 e. The molecule has 3 aliphatic carbocycles. The number of aromatic nitrogens is 4. The van der Waals surface area contributed by atoms with E-state index in [1.165, 1.54) is 93.5 Å². The Kier molecular flexibility index (Phi) is 7.20. The van der Waals surface area contributed by atoms with Crippen molar-refractivity contribution in [3.63, 3.8) is 0 Å². The molecular formula is C59H36N4. The molecule has 0 amide bonds. The monoisotopic (exact) mass is 800 g/mol. The molecule has 0 radical (unpaired) electrons. The van der Waals surface area contributed by atoms with E-state index in [1.54, 1.807) is 0 Å². The summed E-state index contributed by atoms with van der Waals surface area (Å²) in [5, 5.41) is 7.88. The van der Waals surface area contributed by atoms with Crippen LogP contribution in [0.25, 0.3) is 94.3 Å². The van der Waals surface area contributed by atoms with Gasteiger partial charge in [-0.05, 0) is 84.3 Å². The number of hydrogen-bond donors (Lipinski definition) is 0. The fourth-order valence-electron chi connectivity index (χ4n) is 11.2. The van der Waals surface area contributed by atoms with Crippen molar-refractivity contribution in [2.24, 2.45) is 0 Å². The summed E-state index contributed by atoms with van der Waals surface area (Å²) in [7, 11) is 0. The molecule has 0 atom stereocenters. The van der Waals surface area contributed by atoms with Gasteiger partial charge in [0.1, 0.15) is 0 Å². The molecule has 10 aromatic carbocycles. The first kappa shape index (κ1) is 34.5. The first-order chi connectivity index (χ1) is 31.3. The molecule has 0 N–H and O–H groups in total. The third-order valence-corrected chi connectivity index (χ3v) is 13.8. The molecule has 12 aromatic rings. The van der Waals surface area contributed by atoms with Crippen molar-refractivity contribution in [2.45, 2.75) is 11.8 Å². The van der Waals surface area contributed by atoms with Gasteiger partial charge in [0.15, 0.2) is 17.5 Å². The van der Waals surface area contributed by atoms with Crippen molar-refractivity contribution < 1.29 is 0 Å². The van der Waals surface area contributed by atoms with Gasteiger partial charge in [0.05, 0.1) is 16.7 Å². The molecule has 4 nitrogen and oxygen atoms in total. The SMILES string of the molecule is c1ccc(-c2nc(-c3ccccc3)nc(-c3ccc(-c4ccc(-n5c6cccc7c8ccccc8c8cccc5c8c76)c5c4C4c6ccccc6C5c5ccccc54)cc3)n2)cc1. The Balaban J connectivity index is 1.01. The highest BCUT2D eigenvalue weighted by atomic mass is 15.0. The van der Waals surface area contributed by atoms with E-state index >= 15 is 0 Å². The number of hydrogen-bond acceptors (Lipinski definition) is 3. The summed E-state index contributed by atoms with van der Waals surface area (Å²) in [5.41, 5.74) is 17.4. The molecule has 0 spiro atoms. The minimum absolute atomic E-state index is 0.0749. The second kappa shape index (κ2) is 13.1. The van der Waals surface area contributed by atoms with E-state index in [9.17, 15) is 0 Å². The second-order valence-corrected chi connectivity index (χ2v) is 17.0. The van der Waals surface area contributed by atoms with Gasteiger partial charge in [-0.25, -0.2) is 15.0 Å². The molecule has 0 aliphatic heterocycles. The standard InChI is InChI=1S/C59H36N4/c1-3-15-36(16-4-1)57-60-58(37-17-5-2-6-18-37)62-59(61-57)38-31-29-35(30-32-38)39-33-34-50(56-52-46-23-11-9-21-44(46)51(55(39)56)45-22-10-12-24-47(45)52)63-48-27-13-25-42-40-19-7-8-20-41(40)43-26-14-28-49(63)54(43)53(42)48/h1-34,51-52H. The Bertz CT molecular complexity index is 3600. The Morgan fingerprint density at radius 1 is 0.302 bits per heavy atom. The van der Waals surface area contributed by atoms with Gasteiger partial charge in [-0.2, -0.15) is 0 Å². The summed E-state index contributed by atoms with van der Waals surface area (Å²) >= 11 is 0. The first-order valence-electron chi connectivity index (χ1n) is 21.8. The van der Waals surface area contributed by atoms with Crippen LogP contribution in [0.15, 0.2) is 206 Å². The van der Waals surface area contributed by atoms with Crippen LogP contribution in [0.3, 0.4) is 0 Å². The fraction of sp³-hybridized carbons (Fsp3) is 0.0339. The molecule has 63 heavy (non-hydrogen) atoms. The summed E-state index contributed by atoms with van der Waals surface area (Å²) in [6.45, 7) is 0. The zero-order valence-electron chi connectivity index (χ0n) is 34.1. The molecule has 0 unspecified atom stereocenters. The van der Waals surface area contributed by atoms with E-state index in [0.29, 0.717) is 17.5 Å². The molecule has 3 aliphatic rings. The Morgan fingerprint density at radius 2 is 0.698 bits per heavy atom. The summed E-state index contributed by atoms with van der Waals surface area (Å²) < 4.78 is 2.58. The van der Waals surface area contributed by atoms with Crippen LogP contribution in [0.2, 0.25) is 0 Å². The van der Waals surface area contributed by atoms with Gasteiger partial charge in [-0.3, -0.25) is 0 Å². The maximum atomic E-state index is 5.05. The minimum Gasteiger partial charge on any atom is -0.309 e. The van der Waals surface area contributed by atoms with Crippen molar-refractivity contribution in [3.05, 3.63) is 240 Å². The summed E-state index contributed by atoms with van der Waals surface area (Å²) in [4.78, 5) is 15.0. The third-order valence-electron chi connectivity index (χ3n) is 13.8. The molecule has 2 bridgehead atoms. The normalized spacial score (nSPS) is 15.0. The molecule has 0 fully saturated rings. The van der Waals surface area contributed by atoms with Crippen molar-refractivity contribution >= 4 is 43.4 Å². The molecule has 0 saturated heterocycles. The van der Waals surface area contributed by atoms with E-state index in [4.69, 9.17) is 15.0 Å². The van der Waals surface area contributed by atoms with Crippen LogP contribution in [-0.2, 0) is 0 Å². The van der Waals surface area contributed by atoms with Gasteiger partial charge in [0.25, 0.3) is 0 Å². The lowest BCUT2D eigenvalue weighted by atomic mass is 9.59. The van der Waals surface area contributed by atoms with Gasteiger partial charge in [-0.15, -0.1) is 0 Å². The lowest BCUT2D eigenvalue weighted by Crippen LogP contribution is -2.29. The van der Waals surface area contributed by atoms with Gasteiger partial charge in [-0.1, -0.05) is 188 Å². The maximum absolute atomic E-state index is 5.05. The van der Waals surface area contributed by atoms with E-state index in [2.05, 4.69) is 174 Å². The zero-order chi connectivity index (χ0) is 41.2. The molecule has 292 valence electrons. The highest BCUT2D eigenvalue weighted by Gasteiger charge is 2.44. The minimum atomic E-state index is 0.0749. The zero-order valence-corrected chi connectivity index (χ0v) is 34.1. The first-order valence-corrected chi connectivity index (χ1v) is 21.8. The van der Waals surface area contributed by atoms with Gasteiger partial charge < -0.3 is 4.57 Å². The Hall–Kier alpha value is -8.21. The van der Waals surface area contributed by atoms with Crippen LogP contribution in [0.4, 0.5) is 0 Å². The molecular weight excluding hydrogens is 765 g/mol. The summed E-state index contributed by atoms with van der Waals surface area (Å²) in [6.07, 6.45) is 0. The van der Waals surface area contributed by atoms with Gasteiger partial charge in [0, 0.05) is 39.3 Å². The molecule has 2 aromatic heterocycles. The predicted octanol–water partition coefficient (Wildman–Crippen LogP) is 14.4. The van der Waals surface area contributed by atoms with Crippen molar-refractivity contribution in [3.8, 4) is 51.0 Å². The largest absolute Gasteiger partial charge is 0.309 e. The lowest BCUT2D eigenvalue weighted by Gasteiger charge is -2.44. The van der Waals surface area contributed by atoms with Crippen LogP contribution < -0.4 is 0 Å². The van der Waals surface area contributed by atoms with Crippen LogP contribution in [0, 0.1) is 0 Å². The Morgan fingerprint density at radius 3 is 1.19 bits per heavy atom. The Labute approximate surface area is 363 Å². The predicted molar refractivity (Wildman–Crippen MR) is 257 cm³/mol.